The fourth-order valence-electron chi connectivity index (χ4n) is 4.41. The molecule has 0 bridgehead atoms. The summed E-state index contributed by atoms with van der Waals surface area (Å²) in [5.41, 5.74) is 8.13. The quantitative estimate of drug-likeness (QED) is 0.562. The second kappa shape index (κ2) is 9.84. The van der Waals surface area contributed by atoms with Crippen molar-refractivity contribution in [3.63, 3.8) is 0 Å². The van der Waals surface area contributed by atoms with Gasteiger partial charge in [-0.25, -0.2) is 9.07 Å². The first-order valence-corrected chi connectivity index (χ1v) is 11.0. The van der Waals surface area contributed by atoms with Crippen LogP contribution in [0.1, 0.15) is 31.2 Å². The zero-order valence-corrected chi connectivity index (χ0v) is 18.2. The molecular weight excluding hydrogens is 405 g/mol. The van der Waals surface area contributed by atoms with E-state index in [9.17, 15) is 4.39 Å². The molecule has 1 saturated carbocycles. The Balaban J connectivity index is 1.63. The SMILES string of the molecule is COc1ccc(-n2nc(NC[C@H]3CCC[C@H](CN)C3)cc2-c2ccc(C#N)c(F)c2)cc1. The second-order valence-corrected chi connectivity index (χ2v) is 8.35. The highest BCUT2D eigenvalue weighted by molar-refractivity contribution is 5.67. The molecule has 1 aliphatic rings. The summed E-state index contributed by atoms with van der Waals surface area (Å²) in [7, 11) is 1.62. The van der Waals surface area contributed by atoms with Crippen molar-refractivity contribution in [2.45, 2.75) is 25.7 Å². The Hall–Kier alpha value is -3.37. The number of halogens is 1. The molecule has 3 aromatic rings. The number of ether oxygens (including phenoxy) is 1. The van der Waals surface area contributed by atoms with Crippen LogP contribution < -0.4 is 15.8 Å². The Kier molecular flexibility index (Phi) is 6.72. The molecule has 0 amide bonds. The minimum atomic E-state index is -0.544. The zero-order chi connectivity index (χ0) is 22.5. The molecule has 1 heterocycles. The van der Waals surface area contributed by atoms with Crippen molar-refractivity contribution in [3.8, 4) is 28.8 Å². The molecule has 6 nitrogen and oxygen atoms in total. The van der Waals surface area contributed by atoms with Crippen LogP contribution in [0.4, 0.5) is 10.2 Å². The van der Waals surface area contributed by atoms with E-state index in [-0.39, 0.29) is 5.56 Å². The van der Waals surface area contributed by atoms with Gasteiger partial charge in [-0.2, -0.15) is 5.26 Å². The number of nitrogens with zero attached hydrogens (tertiary/aromatic N) is 3. The fraction of sp³-hybridized carbons (Fsp3) is 0.360. The molecule has 32 heavy (non-hydrogen) atoms. The number of hydrogen-bond acceptors (Lipinski definition) is 5. The first-order chi connectivity index (χ1) is 15.6. The normalized spacial score (nSPS) is 18.2. The van der Waals surface area contributed by atoms with Gasteiger partial charge in [0, 0.05) is 18.2 Å². The lowest BCUT2D eigenvalue weighted by atomic mass is 9.81. The number of nitriles is 1. The number of nitrogens with two attached hydrogens (primary N) is 1. The van der Waals surface area contributed by atoms with Crippen molar-refractivity contribution in [3.05, 3.63) is 59.9 Å². The Bertz CT molecular complexity index is 1100. The summed E-state index contributed by atoms with van der Waals surface area (Å²) >= 11 is 0. The van der Waals surface area contributed by atoms with E-state index < -0.39 is 5.82 Å². The Morgan fingerprint density at radius 2 is 1.97 bits per heavy atom. The maximum atomic E-state index is 14.3. The lowest BCUT2D eigenvalue weighted by Crippen LogP contribution is -2.26. The van der Waals surface area contributed by atoms with Gasteiger partial charge in [0.25, 0.3) is 0 Å². The molecule has 0 radical (unpaired) electrons. The van der Waals surface area contributed by atoms with Crippen molar-refractivity contribution in [1.82, 2.24) is 9.78 Å². The first kappa shape index (κ1) is 21.8. The van der Waals surface area contributed by atoms with E-state index >= 15 is 0 Å². The zero-order valence-electron chi connectivity index (χ0n) is 18.2. The van der Waals surface area contributed by atoms with Gasteiger partial charge in [0.2, 0.25) is 0 Å². The largest absolute Gasteiger partial charge is 0.497 e. The van der Waals surface area contributed by atoms with E-state index in [0.717, 1.165) is 42.5 Å². The minimum Gasteiger partial charge on any atom is -0.497 e. The molecule has 0 saturated heterocycles. The molecule has 2 aromatic carbocycles. The van der Waals surface area contributed by atoms with E-state index in [2.05, 4.69) is 5.32 Å². The predicted octanol–water partition coefficient (Wildman–Crippen LogP) is 4.74. The molecule has 7 heteroatoms. The van der Waals surface area contributed by atoms with Crippen LogP contribution in [0.5, 0.6) is 5.75 Å². The van der Waals surface area contributed by atoms with Gasteiger partial charge in [-0.15, -0.1) is 5.10 Å². The van der Waals surface area contributed by atoms with Crippen LogP contribution in [0.2, 0.25) is 0 Å². The summed E-state index contributed by atoms with van der Waals surface area (Å²) in [5, 5.41) is 17.3. The molecule has 2 atom stereocenters. The van der Waals surface area contributed by atoms with Crippen LogP contribution in [0.25, 0.3) is 16.9 Å². The lowest BCUT2D eigenvalue weighted by Gasteiger charge is -2.28. The lowest BCUT2D eigenvalue weighted by molar-refractivity contribution is 0.281. The van der Waals surface area contributed by atoms with Crippen molar-refractivity contribution >= 4 is 5.82 Å². The monoisotopic (exact) mass is 433 g/mol. The highest BCUT2D eigenvalue weighted by atomic mass is 19.1. The topological polar surface area (TPSA) is 88.9 Å². The van der Waals surface area contributed by atoms with Crippen LogP contribution in [0.3, 0.4) is 0 Å². The summed E-state index contributed by atoms with van der Waals surface area (Å²) in [4.78, 5) is 0. The number of aromatic nitrogens is 2. The molecule has 166 valence electrons. The van der Waals surface area contributed by atoms with E-state index in [4.69, 9.17) is 20.8 Å². The number of rotatable bonds is 7. The molecule has 1 aromatic heterocycles. The molecule has 0 unspecified atom stereocenters. The predicted molar refractivity (Wildman–Crippen MR) is 123 cm³/mol. The molecule has 0 aliphatic heterocycles. The molecule has 1 fully saturated rings. The number of hydrogen-bond donors (Lipinski definition) is 2. The van der Waals surface area contributed by atoms with Crippen molar-refractivity contribution in [2.24, 2.45) is 17.6 Å². The maximum Gasteiger partial charge on any atom is 0.149 e. The average molecular weight is 434 g/mol. The van der Waals surface area contributed by atoms with Crippen molar-refractivity contribution < 1.29 is 9.13 Å². The second-order valence-electron chi connectivity index (χ2n) is 8.35. The number of nitrogens with one attached hydrogen (secondary N) is 1. The number of benzene rings is 2. The first-order valence-electron chi connectivity index (χ1n) is 11.0. The summed E-state index contributed by atoms with van der Waals surface area (Å²) in [5.74, 6) is 2.10. The highest BCUT2D eigenvalue weighted by Gasteiger charge is 2.21. The van der Waals surface area contributed by atoms with E-state index in [1.807, 2.05) is 36.4 Å². The van der Waals surface area contributed by atoms with Crippen LogP contribution in [-0.2, 0) is 0 Å². The fourth-order valence-corrected chi connectivity index (χ4v) is 4.41. The van der Waals surface area contributed by atoms with Crippen molar-refractivity contribution in [2.75, 3.05) is 25.5 Å². The summed E-state index contributed by atoms with van der Waals surface area (Å²) in [6.45, 7) is 1.58. The van der Waals surface area contributed by atoms with Gasteiger partial charge in [-0.1, -0.05) is 12.5 Å². The smallest absolute Gasteiger partial charge is 0.149 e. The van der Waals surface area contributed by atoms with Crippen LogP contribution in [-0.4, -0.2) is 30.0 Å². The van der Waals surface area contributed by atoms with Gasteiger partial charge >= 0.3 is 0 Å². The summed E-state index contributed by atoms with van der Waals surface area (Å²) in [6.07, 6.45) is 4.75. The molecular formula is C25H28FN5O. The third-order valence-electron chi connectivity index (χ3n) is 6.21. The highest BCUT2D eigenvalue weighted by Crippen LogP contribution is 2.31. The van der Waals surface area contributed by atoms with Crippen LogP contribution in [0.15, 0.2) is 48.5 Å². The van der Waals surface area contributed by atoms with Gasteiger partial charge in [0.15, 0.2) is 0 Å². The van der Waals surface area contributed by atoms with E-state index in [0.29, 0.717) is 17.4 Å². The molecule has 3 N–H and O–H groups in total. The summed E-state index contributed by atoms with van der Waals surface area (Å²) in [6, 6.07) is 16.0. The van der Waals surface area contributed by atoms with Gasteiger partial charge in [0.05, 0.1) is 24.1 Å². The van der Waals surface area contributed by atoms with Crippen LogP contribution >= 0.6 is 0 Å². The number of anilines is 1. The van der Waals surface area contributed by atoms with Gasteiger partial charge in [-0.3, -0.25) is 0 Å². The standard InChI is InChI=1S/C25H28FN5O/c1-32-22-9-7-21(8-10-22)31-24(19-5-6-20(15-28)23(26)12-19)13-25(30-31)29-16-18-4-2-3-17(11-18)14-27/h5-10,12-13,17-18H,2-4,11,14,16,27H2,1H3,(H,29,30)/t17-,18-/m0/s1. The number of methoxy groups -OCH3 is 1. The van der Waals surface area contributed by atoms with E-state index in [1.165, 1.54) is 31.4 Å². The molecule has 0 spiro atoms. The van der Waals surface area contributed by atoms with Gasteiger partial charge in [0.1, 0.15) is 23.5 Å². The van der Waals surface area contributed by atoms with Gasteiger partial charge < -0.3 is 15.8 Å². The Morgan fingerprint density at radius 3 is 2.66 bits per heavy atom. The Labute approximate surface area is 187 Å². The maximum absolute atomic E-state index is 14.3. The average Bonchev–Trinajstić information content (AvgIpc) is 3.27. The molecule has 4 rings (SSSR count). The van der Waals surface area contributed by atoms with Gasteiger partial charge in [-0.05, 0) is 74.0 Å². The van der Waals surface area contributed by atoms with E-state index in [1.54, 1.807) is 17.9 Å². The minimum absolute atomic E-state index is 0.0226. The summed E-state index contributed by atoms with van der Waals surface area (Å²) < 4.78 is 21.4. The Morgan fingerprint density at radius 1 is 1.19 bits per heavy atom. The third-order valence-corrected chi connectivity index (χ3v) is 6.21. The third kappa shape index (κ3) is 4.76. The van der Waals surface area contributed by atoms with Crippen LogP contribution in [0, 0.1) is 29.0 Å². The van der Waals surface area contributed by atoms with Crippen molar-refractivity contribution in [1.29, 1.82) is 5.26 Å². The molecule has 1 aliphatic carbocycles.